The summed E-state index contributed by atoms with van der Waals surface area (Å²) in [6.45, 7) is 1.35. The van der Waals surface area contributed by atoms with Crippen molar-refractivity contribution in [2.45, 2.75) is 25.2 Å². The van der Waals surface area contributed by atoms with Gasteiger partial charge in [0, 0.05) is 5.88 Å². The predicted molar refractivity (Wildman–Crippen MR) is 57.6 cm³/mol. The van der Waals surface area contributed by atoms with Crippen LogP contribution in [0, 0.1) is 0 Å². The average Bonchev–Trinajstić information content (AvgIpc) is 2.27. The minimum atomic E-state index is -5.08. The van der Waals surface area contributed by atoms with E-state index >= 15 is 0 Å². The van der Waals surface area contributed by atoms with Crippen LogP contribution in [0.1, 0.15) is 6.92 Å². The first-order valence-corrected chi connectivity index (χ1v) is 5.11. The molecule has 0 aliphatic heterocycles. The highest BCUT2D eigenvalue weighted by Gasteiger charge is 2.38. The maximum atomic E-state index is 10.9. The molecule has 11 heteroatoms. The lowest BCUT2D eigenvalue weighted by Gasteiger charge is -2.11. The second kappa shape index (κ2) is 8.53. The number of hydrogen-bond donors (Lipinski definition) is 4. The molecule has 112 valence electrons. The van der Waals surface area contributed by atoms with Gasteiger partial charge in [-0.3, -0.25) is 9.59 Å². The third kappa shape index (κ3) is 10.1. The topological polar surface area (TPSA) is 130 Å². The zero-order valence-electron chi connectivity index (χ0n) is 9.57. The summed E-state index contributed by atoms with van der Waals surface area (Å²) in [5, 5.41) is 17.7. The highest BCUT2D eigenvalue weighted by molar-refractivity contribution is 6.19. The predicted octanol–water partition coefficient (Wildman–Crippen LogP) is -0.225. The van der Waals surface area contributed by atoms with Gasteiger partial charge in [-0.25, -0.2) is 4.79 Å². The number of carboxylic acids is 2. The average molecular weight is 309 g/mol. The first-order valence-electron chi connectivity index (χ1n) is 4.58. The van der Waals surface area contributed by atoms with Crippen LogP contribution in [0.5, 0.6) is 0 Å². The second-order valence-electron chi connectivity index (χ2n) is 3.13. The molecule has 19 heavy (non-hydrogen) atoms. The van der Waals surface area contributed by atoms with Gasteiger partial charge in [0.15, 0.2) is 0 Å². The van der Waals surface area contributed by atoms with Crippen molar-refractivity contribution in [3.05, 3.63) is 0 Å². The Balaban J connectivity index is 0. The number of alkyl halides is 4. The summed E-state index contributed by atoms with van der Waals surface area (Å²) in [5.74, 6) is -4.45. The first-order chi connectivity index (χ1) is 8.43. The molecule has 7 nitrogen and oxygen atoms in total. The van der Waals surface area contributed by atoms with Gasteiger partial charge in [-0.15, -0.1) is 11.6 Å². The molecular weight excluding hydrogens is 297 g/mol. The summed E-state index contributed by atoms with van der Waals surface area (Å²) >= 11 is 5.28. The van der Waals surface area contributed by atoms with E-state index in [1.807, 2.05) is 0 Å². The molecule has 5 N–H and O–H groups in total. The van der Waals surface area contributed by atoms with Crippen LogP contribution >= 0.6 is 11.6 Å². The van der Waals surface area contributed by atoms with Crippen molar-refractivity contribution in [2.75, 3.05) is 5.88 Å². The Bertz CT molecular complexity index is 337. The molecule has 2 atom stereocenters. The number of carboxylic acid groups (broad SMARTS) is 2. The van der Waals surface area contributed by atoms with Gasteiger partial charge >= 0.3 is 18.1 Å². The highest BCUT2D eigenvalue weighted by atomic mass is 35.5. The van der Waals surface area contributed by atoms with Crippen molar-refractivity contribution < 1.29 is 37.8 Å². The summed E-state index contributed by atoms with van der Waals surface area (Å²) in [6.07, 6.45) is -5.08. The number of carbonyl (C=O) groups is 3. The number of rotatable bonds is 4. The van der Waals surface area contributed by atoms with Crippen molar-refractivity contribution in [3.63, 3.8) is 0 Å². The number of amides is 1. The van der Waals surface area contributed by atoms with Crippen molar-refractivity contribution in [1.82, 2.24) is 5.32 Å². The summed E-state index contributed by atoms with van der Waals surface area (Å²) in [4.78, 5) is 30.1. The van der Waals surface area contributed by atoms with Crippen molar-refractivity contribution >= 4 is 29.4 Å². The van der Waals surface area contributed by atoms with Crippen molar-refractivity contribution in [2.24, 2.45) is 5.73 Å². The number of nitrogens with two attached hydrogens (primary N) is 1. The van der Waals surface area contributed by atoms with E-state index < -0.39 is 36.1 Å². The Kier molecular flexibility index (Phi) is 8.89. The molecule has 0 spiro atoms. The van der Waals surface area contributed by atoms with E-state index in [-0.39, 0.29) is 5.88 Å². The molecule has 0 saturated carbocycles. The van der Waals surface area contributed by atoms with E-state index in [1.165, 1.54) is 6.92 Å². The molecular formula is C8H12ClF3N2O5. The summed E-state index contributed by atoms with van der Waals surface area (Å²) in [6, 6.07) is -1.79. The Morgan fingerprint density at radius 1 is 1.32 bits per heavy atom. The van der Waals surface area contributed by atoms with Gasteiger partial charge in [-0.1, -0.05) is 0 Å². The molecule has 0 aromatic carbocycles. The highest BCUT2D eigenvalue weighted by Crippen LogP contribution is 2.13. The Hall–Kier alpha value is -1.55. The maximum absolute atomic E-state index is 10.9. The lowest BCUT2D eigenvalue weighted by Crippen LogP contribution is -2.47. The third-order valence-electron chi connectivity index (χ3n) is 1.47. The molecule has 0 heterocycles. The lowest BCUT2D eigenvalue weighted by atomic mass is 10.3. The van der Waals surface area contributed by atoms with Gasteiger partial charge in [0.2, 0.25) is 5.91 Å². The minimum absolute atomic E-state index is 0.0296. The van der Waals surface area contributed by atoms with Gasteiger partial charge in [0.1, 0.15) is 6.04 Å². The maximum Gasteiger partial charge on any atom is 0.490 e. The Morgan fingerprint density at radius 2 is 1.68 bits per heavy atom. The van der Waals surface area contributed by atoms with Crippen LogP contribution in [-0.4, -0.2) is 52.2 Å². The molecule has 0 rings (SSSR count). The molecule has 0 radical (unpaired) electrons. The second-order valence-corrected chi connectivity index (χ2v) is 3.44. The molecule has 1 amide bonds. The molecule has 0 aromatic heterocycles. The molecule has 0 fully saturated rings. The van der Waals surface area contributed by atoms with E-state index in [0.717, 1.165) is 0 Å². The summed E-state index contributed by atoms with van der Waals surface area (Å²) in [7, 11) is 0. The number of hydrogen-bond acceptors (Lipinski definition) is 4. The van der Waals surface area contributed by atoms with Crippen LogP contribution in [0.3, 0.4) is 0 Å². The monoisotopic (exact) mass is 308 g/mol. The summed E-state index contributed by atoms with van der Waals surface area (Å²) in [5.41, 5.74) is 5.23. The molecule has 0 aromatic rings. The van der Waals surface area contributed by atoms with Crippen LogP contribution in [0.2, 0.25) is 0 Å². The van der Waals surface area contributed by atoms with Crippen LogP contribution < -0.4 is 11.1 Å². The zero-order chi connectivity index (χ0) is 15.8. The quantitative estimate of drug-likeness (QED) is 0.531. The van der Waals surface area contributed by atoms with Crippen LogP contribution in [0.4, 0.5) is 13.2 Å². The van der Waals surface area contributed by atoms with Crippen molar-refractivity contribution in [1.29, 1.82) is 0 Å². The first kappa shape index (κ1) is 19.8. The van der Waals surface area contributed by atoms with Gasteiger partial charge in [0.25, 0.3) is 0 Å². The van der Waals surface area contributed by atoms with Gasteiger partial charge in [-0.2, -0.15) is 13.2 Å². The van der Waals surface area contributed by atoms with E-state index in [4.69, 9.17) is 32.3 Å². The Labute approximate surface area is 110 Å². The van der Waals surface area contributed by atoms with Crippen LogP contribution in [0.25, 0.3) is 0 Å². The fourth-order valence-corrected chi connectivity index (χ4v) is 0.592. The number of carbonyl (C=O) groups excluding carboxylic acids is 1. The number of aliphatic carboxylic acids is 2. The fourth-order valence-electron chi connectivity index (χ4n) is 0.452. The minimum Gasteiger partial charge on any atom is -0.480 e. The zero-order valence-corrected chi connectivity index (χ0v) is 10.3. The van der Waals surface area contributed by atoms with Crippen LogP contribution in [0.15, 0.2) is 0 Å². The van der Waals surface area contributed by atoms with Crippen molar-refractivity contribution in [3.8, 4) is 0 Å². The third-order valence-corrected chi connectivity index (χ3v) is 1.81. The Morgan fingerprint density at radius 3 is 1.89 bits per heavy atom. The molecule has 0 unspecified atom stereocenters. The standard InChI is InChI=1S/C6H11ClN2O3.C2HF3O2/c1-3(6(11)12)9-5(10)4(8)2-7;3-2(4,5)1(6)7/h3-4H,2,8H2,1H3,(H,9,10)(H,11,12);(H,6,7)/t3-,4-;/m0./s1. The van der Waals surface area contributed by atoms with Gasteiger partial charge < -0.3 is 21.3 Å². The van der Waals surface area contributed by atoms with E-state index in [0.29, 0.717) is 0 Å². The molecule has 0 bridgehead atoms. The fraction of sp³-hybridized carbons (Fsp3) is 0.625. The molecule has 0 aliphatic rings. The molecule has 0 saturated heterocycles. The van der Waals surface area contributed by atoms with Gasteiger partial charge in [-0.05, 0) is 6.92 Å². The van der Waals surface area contributed by atoms with Crippen LogP contribution in [-0.2, 0) is 14.4 Å². The largest absolute Gasteiger partial charge is 0.490 e. The van der Waals surface area contributed by atoms with E-state index in [9.17, 15) is 22.8 Å². The smallest absolute Gasteiger partial charge is 0.480 e. The van der Waals surface area contributed by atoms with E-state index in [2.05, 4.69) is 5.32 Å². The summed E-state index contributed by atoms with van der Waals surface area (Å²) < 4.78 is 31.7. The lowest BCUT2D eigenvalue weighted by molar-refractivity contribution is -0.192. The normalized spacial score (nSPS) is 13.6. The molecule has 0 aliphatic carbocycles. The van der Waals surface area contributed by atoms with E-state index in [1.54, 1.807) is 0 Å². The van der Waals surface area contributed by atoms with Gasteiger partial charge in [0.05, 0.1) is 6.04 Å². The number of nitrogens with one attached hydrogen (secondary N) is 1. The SMILES string of the molecule is C[C@H](NC(=O)[C@@H](N)CCl)C(=O)O.O=C(O)C(F)(F)F. The number of halogens is 4.